The second-order valence-electron chi connectivity index (χ2n) is 5.19. The second-order valence-corrected chi connectivity index (χ2v) is 5.19. The third-order valence-corrected chi connectivity index (χ3v) is 3.33. The Labute approximate surface area is 149 Å². The molecule has 0 saturated heterocycles. The molecule has 0 fully saturated rings. The van der Waals surface area contributed by atoms with Crippen molar-refractivity contribution in [3.05, 3.63) is 90.1 Å². The van der Waals surface area contributed by atoms with Gasteiger partial charge in [0.05, 0.1) is 6.26 Å². The van der Waals surface area contributed by atoms with Crippen molar-refractivity contribution in [2.45, 2.75) is 0 Å². The molecule has 0 atom stereocenters. The zero-order valence-electron chi connectivity index (χ0n) is 13.7. The van der Waals surface area contributed by atoms with Crippen molar-refractivity contribution in [1.82, 2.24) is 15.7 Å². The number of furan rings is 1. The lowest BCUT2D eigenvalue weighted by atomic mass is 10.2. The van der Waals surface area contributed by atoms with E-state index in [1.165, 1.54) is 12.3 Å². The number of rotatable bonds is 6. The maximum atomic E-state index is 12.5. The summed E-state index contributed by atoms with van der Waals surface area (Å²) in [5.74, 6) is -0.0540. The molecule has 2 amide bonds. The lowest BCUT2D eigenvalue weighted by molar-refractivity contribution is -0.117. The maximum absolute atomic E-state index is 12.5. The molecule has 0 aliphatic heterocycles. The van der Waals surface area contributed by atoms with Gasteiger partial charge in [0.1, 0.15) is 17.3 Å². The Kier molecular flexibility index (Phi) is 5.41. The van der Waals surface area contributed by atoms with E-state index in [1.54, 1.807) is 66.9 Å². The number of carbonyl (C=O) groups is 2. The highest BCUT2D eigenvalue weighted by Gasteiger charge is 2.15. The Morgan fingerprint density at radius 2 is 1.77 bits per heavy atom. The predicted octanol–water partition coefficient (Wildman–Crippen LogP) is 2.59. The summed E-state index contributed by atoms with van der Waals surface area (Å²) in [6.07, 6.45) is 4.51. The van der Waals surface area contributed by atoms with Crippen LogP contribution in [0.3, 0.4) is 0 Å². The van der Waals surface area contributed by atoms with Gasteiger partial charge in [0.25, 0.3) is 11.8 Å². The molecule has 3 N–H and O–H groups in total. The van der Waals surface area contributed by atoms with Crippen LogP contribution in [-0.4, -0.2) is 16.8 Å². The molecule has 1 aromatic carbocycles. The molecule has 2 aromatic heterocycles. The van der Waals surface area contributed by atoms with Gasteiger partial charge in [-0.25, -0.2) is 4.98 Å². The summed E-state index contributed by atoms with van der Waals surface area (Å²) in [7, 11) is 0. The van der Waals surface area contributed by atoms with Crippen LogP contribution in [0.25, 0.3) is 6.08 Å². The number of hydrogen-bond acceptors (Lipinski definition) is 5. The average molecular weight is 348 g/mol. The van der Waals surface area contributed by atoms with Gasteiger partial charge in [0, 0.05) is 17.8 Å². The molecule has 0 radical (unpaired) electrons. The van der Waals surface area contributed by atoms with Crippen LogP contribution >= 0.6 is 0 Å². The molecule has 0 saturated carbocycles. The first kappa shape index (κ1) is 17.0. The number of amides is 2. The van der Waals surface area contributed by atoms with Gasteiger partial charge in [-0.1, -0.05) is 24.3 Å². The van der Waals surface area contributed by atoms with Crippen molar-refractivity contribution in [3.8, 4) is 0 Å². The molecule has 130 valence electrons. The number of nitrogens with zero attached hydrogens (tertiary/aromatic N) is 1. The van der Waals surface area contributed by atoms with Crippen molar-refractivity contribution in [1.29, 1.82) is 0 Å². The van der Waals surface area contributed by atoms with Gasteiger partial charge >= 0.3 is 0 Å². The quantitative estimate of drug-likeness (QED) is 0.470. The number of aromatic nitrogens is 1. The fourth-order valence-corrected chi connectivity index (χ4v) is 2.08. The lowest BCUT2D eigenvalue weighted by Gasteiger charge is -2.11. The van der Waals surface area contributed by atoms with Crippen LogP contribution in [0.2, 0.25) is 0 Å². The summed E-state index contributed by atoms with van der Waals surface area (Å²) in [6, 6.07) is 17.2. The van der Waals surface area contributed by atoms with Crippen LogP contribution in [0.15, 0.2) is 83.2 Å². The Morgan fingerprint density at radius 1 is 0.962 bits per heavy atom. The Bertz CT molecular complexity index is 891. The number of benzene rings is 1. The Hall–Kier alpha value is -3.87. The topological polar surface area (TPSA) is 96.3 Å². The van der Waals surface area contributed by atoms with E-state index in [2.05, 4.69) is 21.2 Å². The van der Waals surface area contributed by atoms with E-state index >= 15 is 0 Å². The van der Waals surface area contributed by atoms with E-state index in [1.807, 2.05) is 0 Å². The number of hydrazine groups is 1. The van der Waals surface area contributed by atoms with Crippen LogP contribution in [0.1, 0.15) is 16.1 Å². The maximum Gasteiger partial charge on any atom is 0.286 e. The molecule has 0 aliphatic rings. The summed E-state index contributed by atoms with van der Waals surface area (Å²) in [6.45, 7) is 0. The van der Waals surface area contributed by atoms with E-state index < -0.39 is 11.8 Å². The van der Waals surface area contributed by atoms with Gasteiger partial charge in [-0.3, -0.25) is 20.4 Å². The summed E-state index contributed by atoms with van der Waals surface area (Å²) in [5.41, 5.74) is 5.64. The molecule has 2 heterocycles. The van der Waals surface area contributed by atoms with Gasteiger partial charge in [0.15, 0.2) is 0 Å². The first-order valence-corrected chi connectivity index (χ1v) is 7.81. The molecular weight excluding hydrogens is 332 g/mol. The smallest absolute Gasteiger partial charge is 0.286 e. The van der Waals surface area contributed by atoms with Gasteiger partial charge in [0.2, 0.25) is 0 Å². The van der Waals surface area contributed by atoms with E-state index in [9.17, 15) is 9.59 Å². The molecule has 26 heavy (non-hydrogen) atoms. The summed E-state index contributed by atoms with van der Waals surface area (Å²) >= 11 is 0. The van der Waals surface area contributed by atoms with Crippen LogP contribution in [0, 0.1) is 0 Å². The highest BCUT2D eigenvalue weighted by molar-refractivity contribution is 6.05. The number of anilines is 1. The fourth-order valence-electron chi connectivity index (χ4n) is 2.08. The minimum atomic E-state index is -0.545. The van der Waals surface area contributed by atoms with E-state index in [4.69, 9.17) is 4.42 Å². The van der Waals surface area contributed by atoms with Crippen molar-refractivity contribution in [2.75, 3.05) is 5.43 Å². The number of carbonyl (C=O) groups excluding carboxylic acids is 2. The van der Waals surface area contributed by atoms with Crippen molar-refractivity contribution < 1.29 is 14.0 Å². The summed E-state index contributed by atoms with van der Waals surface area (Å²) in [4.78, 5) is 28.9. The van der Waals surface area contributed by atoms with Crippen molar-refractivity contribution >= 4 is 23.7 Å². The molecular formula is C19H16N4O3. The van der Waals surface area contributed by atoms with E-state index in [0.29, 0.717) is 17.1 Å². The van der Waals surface area contributed by atoms with Crippen molar-refractivity contribution in [2.24, 2.45) is 0 Å². The highest BCUT2D eigenvalue weighted by atomic mass is 16.3. The molecule has 7 heteroatoms. The number of hydrogen-bond donors (Lipinski definition) is 3. The average Bonchev–Trinajstić information content (AvgIpc) is 3.20. The molecule has 7 nitrogen and oxygen atoms in total. The van der Waals surface area contributed by atoms with Crippen LogP contribution in [0.4, 0.5) is 5.82 Å². The molecule has 3 aromatic rings. The van der Waals surface area contributed by atoms with Crippen LogP contribution in [0.5, 0.6) is 0 Å². The molecule has 0 aliphatic carbocycles. The zero-order chi connectivity index (χ0) is 18.2. The van der Waals surface area contributed by atoms with Gasteiger partial charge < -0.3 is 9.73 Å². The predicted molar refractivity (Wildman–Crippen MR) is 96.6 cm³/mol. The number of pyridine rings is 1. The van der Waals surface area contributed by atoms with Crippen LogP contribution in [-0.2, 0) is 4.79 Å². The van der Waals surface area contributed by atoms with E-state index in [0.717, 1.165) is 0 Å². The fraction of sp³-hybridized carbons (Fsp3) is 0. The normalized spacial score (nSPS) is 10.8. The Balaban J connectivity index is 1.75. The highest BCUT2D eigenvalue weighted by Crippen LogP contribution is 2.08. The third-order valence-electron chi connectivity index (χ3n) is 3.33. The standard InChI is InChI=1S/C19H16N4O3/c24-18(14-7-2-1-3-8-14)21-16(13-15-9-6-12-26-15)19(25)23-22-17-10-4-5-11-20-17/h1-13H,(H,20,22)(H,21,24)(H,23,25)/b16-13+. The summed E-state index contributed by atoms with van der Waals surface area (Å²) < 4.78 is 5.22. The van der Waals surface area contributed by atoms with Gasteiger partial charge in [-0.05, 0) is 36.4 Å². The SMILES string of the molecule is O=C(NNc1ccccn1)/C(=C\c1ccco1)NC(=O)c1ccccc1. The minimum Gasteiger partial charge on any atom is -0.465 e. The second kappa shape index (κ2) is 8.29. The number of nitrogens with one attached hydrogen (secondary N) is 3. The molecule has 0 spiro atoms. The summed E-state index contributed by atoms with van der Waals surface area (Å²) in [5, 5.41) is 2.60. The first-order valence-electron chi connectivity index (χ1n) is 7.81. The van der Waals surface area contributed by atoms with Crippen molar-refractivity contribution in [3.63, 3.8) is 0 Å². The molecule has 3 rings (SSSR count). The lowest BCUT2D eigenvalue weighted by Crippen LogP contribution is -2.37. The zero-order valence-corrected chi connectivity index (χ0v) is 13.7. The van der Waals surface area contributed by atoms with Gasteiger partial charge in [-0.15, -0.1) is 0 Å². The third kappa shape index (κ3) is 4.57. The Morgan fingerprint density at radius 3 is 2.46 bits per heavy atom. The monoisotopic (exact) mass is 348 g/mol. The minimum absolute atomic E-state index is 0.0252. The first-order chi connectivity index (χ1) is 12.7. The largest absolute Gasteiger partial charge is 0.465 e. The van der Waals surface area contributed by atoms with E-state index in [-0.39, 0.29) is 5.70 Å². The van der Waals surface area contributed by atoms with Crippen LogP contribution < -0.4 is 16.2 Å². The molecule has 0 unspecified atom stereocenters. The molecule has 0 bridgehead atoms. The van der Waals surface area contributed by atoms with Gasteiger partial charge in [-0.2, -0.15) is 0 Å².